The van der Waals surface area contributed by atoms with E-state index in [0.717, 1.165) is 24.1 Å². The van der Waals surface area contributed by atoms with Crippen LogP contribution in [0.2, 0.25) is 10.0 Å². The smallest absolute Gasteiger partial charge is 0.0677 e. The van der Waals surface area contributed by atoms with Crippen molar-refractivity contribution in [2.45, 2.75) is 33.2 Å². The molecule has 0 amide bonds. The molecule has 0 unspecified atom stereocenters. The monoisotopic (exact) mass is 282 g/mol. The molecule has 4 heteroatoms. The van der Waals surface area contributed by atoms with Crippen molar-refractivity contribution in [3.8, 4) is 0 Å². The Morgan fingerprint density at radius 1 is 1.11 bits per heavy atom. The van der Waals surface area contributed by atoms with Crippen LogP contribution in [0.1, 0.15) is 30.8 Å². The van der Waals surface area contributed by atoms with E-state index in [9.17, 15) is 0 Å². The summed E-state index contributed by atoms with van der Waals surface area (Å²) in [5, 5.41) is 5.94. The second kappa shape index (κ2) is 5.77. The lowest BCUT2D eigenvalue weighted by Gasteiger charge is -2.08. The maximum Gasteiger partial charge on any atom is 0.0677 e. The molecule has 0 radical (unpaired) electrons. The third-order valence-electron chi connectivity index (χ3n) is 2.97. The Labute approximate surface area is 118 Å². The molecule has 18 heavy (non-hydrogen) atoms. The fourth-order valence-electron chi connectivity index (χ4n) is 1.92. The SMILES string of the molecule is CCc1cc(CC)n(Cc2ccc(Cl)cc2Cl)n1. The van der Waals surface area contributed by atoms with Crippen LogP contribution in [0.5, 0.6) is 0 Å². The Morgan fingerprint density at radius 3 is 2.50 bits per heavy atom. The largest absolute Gasteiger partial charge is 0.265 e. The first-order chi connectivity index (χ1) is 8.63. The number of hydrogen-bond acceptors (Lipinski definition) is 1. The fourth-order valence-corrected chi connectivity index (χ4v) is 2.39. The summed E-state index contributed by atoms with van der Waals surface area (Å²) in [5.41, 5.74) is 3.40. The summed E-state index contributed by atoms with van der Waals surface area (Å²) in [5.74, 6) is 0. The van der Waals surface area contributed by atoms with Crippen LogP contribution in [0.4, 0.5) is 0 Å². The predicted molar refractivity (Wildman–Crippen MR) is 76.5 cm³/mol. The summed E-state index contributed by atoms with van der Waals surface area (Å²) in [4.78, 5) is 0. The van der Waals surface area contributed by atoms with Crippen molar-refractivity contribution < 1.29 is 0 Å². The highest BCUT2D eigenvalue weighted by Gasteiger charge is 2.08. The molecule has 0 spiro atoms. The maximum absolute atomic E-state index is 6.19. The van der Waals surface area contributed by atoms with Gasteiger partial charge in [-0.1, -0.05) is 43.1 Å². The first kappa shape index (κ1) is 13.4. The third kappa shape index (κ3) is 2.88. The molecule has 2 nitrogen and oxygen atoms in total. The van der Waals surface area contributed by atoms with Crippen LogP contribution >= 0.6 is 23.2 Å². The van der Waals surface area contributed by atoms with Gasteiger partial charge in [0, 0.05) is 15.7 Å². The minimum absolute atomic E-state index is 0.661. The topological polar surface area (TPSA) is 17.8 Å². The second-order valence-corrected chi connectivity index (χ2v) is 5.07. The molecular formula is C14H16Cl2N2. The second-order valence-electron chi connectivity index (χ2n) is 4.23. The summed E-state index contributed by atoms with van der Waals surface area (Å²) in [6, 6.07) is 7.74. The average Bonchev–Trinajstić information content (AvgIpc) is 2.75. The zero-order valence-corrected chi connectivity index (χ0v) is 12.1. The molecule has 1 aromatic carbocycles. The number of nitrogens with zero attached hydrogens (tertiary/aromatic N) is 2. The van der Waals surface area contributed by atoms with Crippen molar-refractivity contribution in [1.29, 1.82) is 0 Å². The van der Waals surface area contributed by atoms with Crippen molar-refractivity contribution in [3.63, 3.8) is 0 Å². The van der Waals surface area contributed by atoms with Gasteiger partial charge in [0.05, 0.1) is 12.2 Å². The molecule has 0 saturated carbocycles. The van der Waals surface area contributed by atoms with Crippen molar-refractivity contribution in [3.05, 3.63) is 51.3 Å². The molecular weight excluding hydrogens is 267 g/mol. The van der Waals surface area contributed by atoms with Gasteiger partial charge in [-0.05, 0) is 36.6 Å². The van der Waals surface area contributed by atoms with E-state index in [0.29, 0.717) is 16.6 Å². The Morgan fingerprint density at radius 2 is 1.89 bits per heavy atom. The number of rotatable bonds is 4. The standard InChI is InChI=1S/C14H16Cl2N2/c1-3-12-8-13(4-2)18(17-12)9-10-5-6-11(15)7-14(10)16/h5-8H,3-4,9H2,1-2H3. The molecule has 0 fully saturated rings. The van der Waals surface area contributed by atoms with Crippen LogP contribution in [0, 0.1) is 0 Å². The van der Waals surface area contributed by atoms with E-state index in [1.165, 1.54) is 5.69 Å². The van der Waals surface area contributed by atoms with Gasteiger partial charge in [0.25, 0.3) is 0 Å². The third-order valence-corrected chi connectivity index (χ3v) is 3.56. The van der Waals surface area contributed by atoms with Gasteiger partial charge >= 0.3 is 0 Å². The van der Waals surface area contributed by atoms with Crippen molar-refractivity contribution in [2.75, 3.05) is 0 Å². The van der Waals surface area contributed by atoms with Gasteiger partial charge in [-0.25, -0.2) is 0 Å². The molecule has 2 rings (SSSR count). The van der Waals surface area contributed by atoms with E-state index in [-0.39, 0.29) is 0 Å². The van der Waals surface area contributed by atoms with Crippen LogP contribution in [0.25, 0.3) is 0 Å². The molecule has 0 atom stereocenters. The Kier molecular flexibility index (Phi) is 4.31. The average molecular weight is 283 g/mol. The fraction of sp³-hybridized carbons (Fsp3) is 0.357. The predicted octanol–water partition coefficient (Wildman–Crippen LogP) is 4.36. The first-order valence-corrected chi connectivity index (χ1v) is 6.89. The maximum atomic E-state index is 6.19. The van der Waals surface area contributed by atoms with Gasteiger partial charge in [-0.15, -0.1) is 0 Å². The Bertz CT molecular complexity index is 547. The highest BCUT2D eigenvalue weighted by molar-refractivity contribution is 6.35. The van der Waals surface area contributed by atoms with Crippen LogP contribution in [-0.4, -0.2) is 9.78 Å². The lowest BCUT2D eigenvalue weighted by Crippen LogP contribution is -2.06. The van der Waals surface area contributed by atoms with Gasteiger partial charge in [0.1, 0.15) is 0 Å². The van der Waals surface area contributed by atoms with E-state index < -0.39 is 0 Å². The number of benzene rings is 1. The van der Waals surface area contributed by atoms with Gasteiger partial charge in [0.15, 0.2) is 0 Å². The lowest BCUT2D eigenvalue weighted by molar-refractivity contribution is 0.640. The van der Waals surface area contributed by atoms with E-state index in [1.54, 1.807) is 6.07 Å². The van der Waals surface area contributed by atoms with E-state index in [2.05, 4.69) is 25.0 Å². The number of aryl methyl sites for hydroxylation is 2. The molecule has 1 heterocycles. The summed E-state index contributed by atoms with van der Waals surface area (Å²) >= 11 is 12.1. The molecule has 96 valence electrons. The van der Waals surface area contributed by atoms with Crippen LogP contribution in [0.3, 0.4) is 0 Å². The highest BCUT2D eigenvalue weighted by atomic mass is 35.5. The molecule has 0 aliphatic carbocycles. The molecule has 0 N–H and O–H groups in total. The highest BCUT2D eigenvalue weighted by Crippen LogP contribution is 2.22. The molecule has 0 aliphatic rings. The zero-order valence-electron chi connectivity index (χ0n) is 10.6. The van der Waals surface area contributed by atoms with E-state index in [4.69, 9.17) is 23.2 Å². The minimum atomic E-state index is 0.661. The molecule has 0 saturated heterocycles. The van der Waals surface area contributed by atoms with Crippen LogP contribution < -0.4 is 0 Å². The molecule has 0 aliphatic heterocycles. The van der Waals surface area contributed by atoms with Crippen molar-refractivity contribution in [1.82, 2.24) is 9.78 Å². The van der Waals surface area contributed by atoms with Crippen LogP contribution in [0.15, 0.2) is 24.3 Å². The minimum Gasteiger partial charge on any atom is -0.265 e. The molecule has 2 aromatic rings. The summed E-state index contributed by atoms with van der Waals surface area (Å²) in [6.45, 7) is 4.94. The van der Waals surface area contributed by atoms with Gasteiger partial charge in [-0.2, -0.15) is 5.10 Å². The van der Waals surface area contributed by atoms with E-state index in [1.807, 2.05) is 16.8 Å². The number of hydrogen-bond donors (Lipinski definition) is 0. The lowest BCUT2D eigenvalue weighted by atomic mass is 10.2. The quantitative estimate of drug-likeness (QED) is 0.815. The zero-order chi connectivity index (χ0) is 13.1. The normalized spacial score (nSPS) is 10.9. The summed E-state index contributed by atoms with van der Waals surface area (Å²) < 4.78 is 2.02. The van der Waals surface area contributed by atoms with Crippen molar-refractivity contribution in [2.24, 2.45) is 0 Å². The molecule has 0 bridgehead atoms. The first-order valence-electron chi connectivity index (χ1n) is 6.13. The Hall–Kier alpha value is -0.990. The molecule has 1 aromatic heterocycles. The van der Waals surface area contributed by atoms with Gasteiger partial charge in [-0.3, -0.25) is 4.68 Å². The Balaban J connectivity index is 2.30. The van der Waals surface area contributed by atoms with Gasteiger partial charge < -0.3 is 0 Å². The summed E-state index contributed by atoms with van der Waals surface area (Å²) in [7, 11) is 0. The van der Waals surface area contributed by atoms with E-state index >= 15 is 0 Å². The van der Waals surface area contributed by atoms with Crippen LogP contribution in [-0.2, 0) is 19.4 Å². The van der Waals surface area contributed by atoms with Gasteiger partial charge in [0.2, 0.25) is 0 Å². The number of halogens is 2. The number of aromatic nitrogens is 2. The van der Waals surface area contributed by atoms with Crippen molar-refractivity contribution >= 4 is 23.2 Å². The summed E-state index contributed by atoms with van der Waals surface area (Å²) in [6.07, 6.45) is 1.92.